The van der Waals surface area contributed by atoms with Gasteiger partial charge in [-0.1, -0.05) is 0 Å². The van der Waals surface area contributed by atoms with Gasteiger partial charge in [-0.15, -0.1) is 22.7 Å². The number of piperazine rings is 1. The van der Waals surface area contributed by atoms with E-state index in [4.69, 9.17) is 5.26 Å². The fourth-order valence-corrected chi connectivity index (χ4v) is 3.93. The molecule has 0 spiro atoms. The highest BCUT2D eigenvalue weighted by atomic mass is 32.1. The number of anilines is 2. The zero-order valence-corrected chi connectivity index (χ0v) is 14.2. The average Bonchev–Trinajstić information content (AvgIpc) is 3.25. The van der Waals surface area contributed by atoms with E-state index in [9.17, 15) is 4.79 Å². The number of amides is 1. The molecule has 1 saturated heterocycles. The summed E-state index contributed by atoms with van der Waals surface area (Å²) in [5.41, 5.74) is 0.528. The molecule has 2 aromatic heterocycles. The molecule has 0 atom stereocenters. The molecule has 8 heteroatoms. The van der Waals surface area contributed by atoms with Crippen molar-refractivity contribution in [3.63, 3.8) is 0 Å². The van der Waals surface area contributed by atoms with Crippen LogP contribution in [0.5, 0.6) is 0 Å². The summed E-state index contributed by atoms with van der Waals surface area (Å²) in [7, 11) is 0. The first-order valence-corrected chi connectivity index (χ1v) is 9.16. The molecule has 0 unspecified atom stereocenters. The van der Waals surface area contributed by atoms with Crippen LogP contribution in [0.1, 0.15) is 12.0 Å². The maximum Gasteiger partial charge on any atom is 0.226 e. The van der Waals surface area contributed by atoms with Gasteiger partial charge in [0.15, 0.2) is 5.13 Å². The molecule has 23 heavy (non-hydrogen) atoms. The Kier molecular flexibility index (Phi) is 5.23. The van der Waals surface area contributed by atoms with Crippen molar-refractivity contribution in [2.75, 3.05) is 42.9 Å². The van der Waals surface area contributed by atoms with Gasteiger partial charge in [0.25, 0.3) is 0 Å². The van der Waals surface area contributed by atoms with Gasteiger partial charge in [-0.25, -0.2) is 4.98 Å². The number of thiophene rings is 1. The molecule has 2 aromatic rings. The standard InChI is InChI=1S/C15H17N5OS2/c16-11-12-2-9-22-14(12)18-13(21)1-4-19-5-7-20(8-6-19)15-17-3-10-23-15/h2-3,9-10H,1,4-8H2,(H,18,21). The summed E-state index contributed by atoms with van der Waals surface area (Å²) in [6, 6.07) is 3.80. The second kappa shape index (κ2) is 7.55. The summed E-state index contributed by atoms with van der Waals surface area (Å²) < 4.78 is 0. The number of hydrogen-bond donors (Lipinski definition) is 1. The predicted octanol–water partition coefficient (Wildman–Crippen LogP) is 2.23. The van der Waals surface area contributed by atoms with Crippen LogP contribution in [-0.2, 0) is 4.79 Å². The van der Waals surface area contributed by atoms with Gasteiger partial charge in [0.2, 0.25) is 5.91 Å². The maximum absolute atomic E-state index is 12.0. The smallest absolute Gasteiger partial charge is 0.226 e. The van der Waals surface area contributed by atoms with Crippen molar-refractivity contribution in [1.82, 2.24) is 9.88 Å². The van der Waals surface area contributed by atoms with E-state index in [1.807, 2.05) is 17.0 Å². The minimum absolute atomic E-state index is 0.0358. The van der Waals surface area contributed by atoms with Gasteiger partial charge in [0.05, 0.1) is 5.56 Å². The van der Waals surface area contributed by atoms with Crippen LogP contribution < -0.4 is 10.2 Å². The van der Waals surface area contributed by atoms with Crippen molar-refractivity contribution in [1.29, 1.82) is 5.26 Å². The van der Waals surface area contributed by atoms with Crippen molar-refractivity contribution >= 4 is 38.7 Å². The fraction of sp³-hybridized carbons (Fsp3) is 0.400. The summed E-state index contributed by atoms with van der Waals surface area (Å²) in [5, 5.41) is 17.3. The van der Waals surface area contributed by atoms with Gasteiger partial charge in [-0.3, -0.25) is 9.69 Å². The molecule has 1 aliphatic rings. The Labute approximate surface area is 143 Å². The average molecular weight is 347 g/mol. The van der Waals surface area contributed by atoms with E-state index in [2.05, 4.69) is 26.2 Å². The van der Waals surface area contributed by atoms with Crippen molar-refractivity contribution in [3.05, 3.63) is 28.6 Å². The Morgan fingerprint density at radius 2 is 2.13 bits per heavy atom. The number of nitriles is 1. The van der Waals surface area contributed by atoms with Crippen LogP contribution in [0.4, 0.5) is 10.1 Å². The molecule has 1 N–H and O–H groups in total. The SMILES string of the molecule is N#Cc1ccsc1NC(=O)CCN1CCN(c2nccs2)CC1. The van der Waals surface area contributed by atoms with Crippen molar-refractivity contribution in [3.8, 4) is 6.07 Å². The molecule has 0 bridgehead atoms. The Bertz CT molecular complexity index is 683. The minimum Gasteiger partial charge on any atom is -0.346 e. The second-order valence-corrected chi connectivity index (χ2v) is 7.01. The molecule has 0 saturated carbocycles. The lowest BCUT2D eigenvalue weighted by Gasteiger charge is -2.34. The lowest BCUT2D eigenvalue weighted by molar-refractivity contribution is -0.116. The zero-order chi connectivity index (χ0) is 16.1. The number of carbonyl (C=O) groups excluding carboxylic acids is 1. The first-order chi connectivity index (χ1) is 11.3. The molecule has 1 fully saturated rings. The van der Waals surface area contributed by atoms with Crippen LogP contribution in [0.25, 0.3) is 0 Å². The van der Waals surface area contributed by atoms with E-state index in [0.717, 1.165) is 37.9 Å². The maximum atomic E-state index is 12.0. The van der Waals surface area contributed by atoms with Gasteiger partial charge in [-0.05, 0) is 11.4 Å². The number of hydrogen-bond acceptors (Lipinski definition) is 7. The third kappa shape index (κ3) is 4.07. The monoisotopic (exact) mass is 347 g/mol. The summed E-state index contributed by atoms with van der Waals surface area (Å²) in [5.74, 6) is -0.0358. The molecule has 0 radical (unpaired) electrons. The highest BCUT2D eigenvalue weighted by Gasteiger charge is 2.19. The normalized spacial score (nSPS) is 15.3. The van der Waals surface area contributed by atoms with Crippen molar-refractivity contribution in [2.45, 2.75) is 6.42 Å². The summed E-state index contributed by atoms with van der Waals surface area (Å²) in [6.45, 7) is 4.51. The number of aromatic nitrogens is 1. The molecule has 6 nitrogen and oxygen atoms in total. The van der Waals surface area contributed by atoms with Gasteiger partial charge < -0.3 is 10.2 Å². The molecule has 1 amide bonds. The van der Waals surface area contributed by atoms with E-state index in [0.29, 0.717) is 17.0 Å². The van der Waals surface area contributed by atoms with Gasteiger partial charge in [-0.2, -0.15) is 5.26 Å². The fourth-order valence-electron chi connectivity index (χ4n) is 2.48. The minimum atomic E-state index is -0.0358. The molecular weight excluding hydrogens is 330 g/mol. The largest absolute Gasteiger partial charge is 0.346 e. The first kappa shape index (κ1) is 15.9. The van der Waals surface area contributed by atoms with Crippen LogP contribution in [0.2, 0.25) is 0 Å². The zero-order valence-electron chi connectivity index (χ0n) is 12.6. The van der Waals surface area contributed by atoms with Crippen molar-refractivity contribution < 1.29 is 4.79 Å². The van der Waals surface area contributed by atoms with Gasteiger partial charge in [0, 0.05) is 50.7 Å². The highest BCUT2D eigenvalue weighted by Crippen LogP contribution is 2.22. The molecule has 0 aliphatic carbocycles. The highest BCUT2D eigenvalue weighted by molar-refractivity contribution is 7.14. The second-order valence-electron chi connectivity index (χ2n) is 5.22. The van der Waals surface area contributed by atoms with Crippen LogP contribution in [-0.4, -0.2) is 48.5 Å². The Hall–Kier alpha value is -1.95. The van der Waals surface area contributed by atoms with Crippen molar-refractivity contribution in [2.24, 2.45) is 0 Å². The number of nitrogens with one attached hydrogen (secondary N) is 1. The lowest BCUT2D eigenvalue weighted by atomic mass is 10.3. The van der Waals surface area contributed by atoms with E-state index >= 15 is 0 Å². The van der Waals surface area contributed by atoms with E-state index in [1.54, 1.807) is 17.4 Å². The van der Waals surface area contributed by atoms with Gasteiger partial charge in [0.1, 0.15) is 11.1 Å². The summed E-state index contributed by atoms with van der Waals surface area (Å²) >= 11 is 3.04. The molecular formula is C15H17N5OS2. The third-order valence-electron chi connectivity index (χ3n) is 3.76. The number of carbonyl (C=O) groups is 1. The predicted molar refractivity (Wildman–Crippen MR) is 93.0 cm³/mol. The first-order valence-electron chi connectivity index (χ1n) is 7.40. The van der Waals surface area contributed by atoms with Crippen LogP contribution >= 0.6 is 22.7 Å². The Morgan fingerprint density at radius 3 is 2.83 bits per heavy atom. The van der Waals surface area contributed by atoms with Crippen LogP contribution in [0.15, 0.2) is 23.0 Å². The number of rotatable bonds is 5. The quantitative estimate of drug-likeness (QED) is 0.898. The number of thiazole rings is 1. The topological polar surface area (TPSA) is 72.3 Å². The Balaban J connectivity index is 1.41. The summed E-state index contributed by atoms with van der Waals surface area (Å²) in [4.78, 5) is 20.9. The number of nitrogens with zero attached hydrogens (tertiary/aromatic N) is 4. The molecule has 120 valence electrons. The van der Waals surface area contributed by atoms with E-state index < -0.39 is 0 Å². The lowest BCUT2D eigenvalue weighted by Crippen LogP contribution is -2.47. The Morgan fingerprint density at radius 1 is 1.30 bits per heavy atom. The van der Waals surface area contributed by atoms with Crippen LogP contribution in [0, 0.1) is 11.3 Å². The summed E-state index contributed by atoms with van der Waals surface area (Å²) in [6.07, 6.45) is 2.27. The molecule has 1 aliphatic heterocycles. The third-order valence-corrected chi connectivity index (χ3v) is 5.42. The van der Waals surface area contributed by atoms with E-state index in [1.165, 1.54) is 11.3 Å². The van der Waals surface area contributed by atoms with Gasteiger partial charge >= 0.3 is 0 Å². The molecule has 0 aromatic carbocycles. The molecule has 3 rings (SSSR count). The molecule has 3 heterocycles. The van der Waals surface area contributed by atoms with E-state index in [-0.39, 0.29) is 5.91 Å². The van der Waals surface area contributed by atoms with Crippen LogP contribution in [0.3, 0.4) is 0 Å².